The summed E-state index contributed by atoms with van der Waals surface area (Å²) in [6, 6.07) is 13.3. The molecule has 0 unspecified atom stereocenters. The fourth-order valence-electron chi connectivity index (χ4n) is 3.14. The van der Waals surface area contributed by atoms with Crippen molar-refractivity contribution < 1.29 is 14.0 Å². The van der Waals surface area contributed by atoms with Crippen LogP contribution in [0.2, 0.25) is 0 Å². The van der Waals surface area contributed by atoms with Gasteiger partial charge in [0.25, 0.3) is 0 Å². The second kappa shape index (κ2) is 9.68. The van der Waals surface area contributed by atoms with E-state index in [0.717, 1.165) is 16.7 Å². The van der Waals surface area contributed by atoms with Gasteiger partial charge < -0.3 is 10.2 Å². The molecule has 0 aliphatic heterocycles. The number of halogens is 1. The number of hydrogen-bond donors (Lipinski definition) is 1. The van der Waals surface area contributed by atoms with E-state index in [0.29, 0.717) is 13.0 Å². The third-order valence-corrected chi connectivity index (χ3v) is 4.63. The Morgan fingerprint density at radius 2 is 1.55 bits per heavy atom. The summed E-state index contributed by atoms with van der Waals surface area (Å²) in [5.74, 6) is -0.665. The smallest absolute Gasteiger partial charge is 0.243 e. The fourth-order valence-corrected chi connectivity index (χ4v) is 3.14. The number of rotatable bonds is 7. The van der Waals surface area contributed by atoms with E-state index in [2.05, 4.69) is 5.32 Å². The van der Waals surface area contributed by atoms with Crippen molar-refractivity contribution in [2.75, 3.05) is 0 Å². The summed E-state index contributed by atoms with van der Waals surface area (Å²) in [6.07, 6.45) is 0.619. The predicted octanol–water partition coefficient (Wildman–Crippen LogP) is 4.40. The Morgan fingerprint density at radius 1 is 1.00 bits per heavy atom. The Bertz CT molecular complexity index is 823. The van der Waals surface area contributed by atoms with Crippen LogP contribution >= 0.6 is 0 Å². The molecule has 0 bridgehead atoms. The summed E-state index contributed by atoms with van der Waals surface area (Å²) >= 11 is 0. The molecule has 29 heavy (non-hydrogen) atoms. The summed E-state index contributed by atoms with van der Waals surface area (Å²) < 4.78 is 13.2. The van der Waals surface area contributed by atoms with Gasteiger partial charge in [0.1, 0.15) is 11.9 Å². The third-order valence-electron chi connectivity index (χ3n) is 4.63. The largest absolute Gasteiger partial charge is 0.350 e. The molecule has 2 aromatic carbocycles. The van der Waals surface area contributed by atoms with Gasteiger partial charge in [0.2, 0.25) is 11.8 Å². The van der Waals surface area contributed by atoms with Crippen LogP contribution in [0.1, 0.15) is 50.8 Å². The number of amides is 2. The van der Waals surface area contributed by atoms with Crippen molar-refractivity contribution in [2.45, 2.75) is 65.6 Å². The molecule has 1 atom stereocenters. The lowest BCUT2D eigenvalue weighted by Crippen LogP contribution is -2.53. The number of carbonyl (C=O) groups is 2. The molecular formula is C24H31FN2O2. The van der Waals surface area contributed by atoms with E-state index in [1.165, 1.54) is 12.1 Å². The Hall–Kier alpha value is -2.69. The zero-order chi connectivity index (χ0) is 21.6. The van der Waals surface area contributed by atoms with E-state index < -0.39 is 6.04 Å². The van der Waals surface area contributed by atoms with Crippen LogP contribution in [-0.2, 0) is 22.6 Å². The second-order valence-electron chi connectivity index (χ2n) is 8.47. The first-order valence-electron chi connectivity index (χ1n) is 10.0. The summed E-state index contributed by atoms with van der Waals surface area (Å²) in [5, 5.41) is 2.99. The van der Waals surface area contributed by atoms with Crippen molar-refractivity contribution in [3.63, 3.8) is 0 Å². The summed E-state index contributed by atoms with van der Waals surface area (Å²) in [6.45, 7) is 10.0. The molecule has 4 nitrogen and oxygen atoms in total. The lowest BCUT2D eigenvalue weighted by molar-refractivity contribution is -0.141. The van der Waals surface area contributed by atoms with Gasteiger partial charge in [0.05, 0.1) is 6.42 Å². The van der Waals surface area contributed by atoms with Crippen LogP contribution in [0, 0.1) is 12.7 Å². The SMILES string of the molecule is CC[C@@H](C(=O)NC(C)(C)C)N(Cc1ccc(C)cc1)C(=O)Cc1ccc(F)cc1. The van der Waals surface area contributed by atoms with Crippen molar-refractivity contribution >= 4 is 11.8 Å². The van der Waals surface area contributed by atoms with Crippen LogP contribution in [-0.4, -0.2) is 28.3 Å². The van der Waals surface area contributed by atoms with Gasteiger partial charge in [0.15, 0.2) is 0 Å². The van der Waals surface area contributed by atoms with Gasteiger partial charge in [-0.05, 0) is 57.4 Å². The van der Waals surface area contributed by atoms with Crippen molar-refractivity contribution in [1.82, 2.24) is 10.2 Å². The lowest BCUT2D eigenvalue weighted by Gasteiger charge is -2.33. The van der Waals surface area contributed by atoms with E-state index in [9.17, 15) is 14.0 Å². The quantitative estimate of drug-likeness (QED) is 0.752. The molecule has 0 spiro atoms. The highest BCUT2D eigenvalue weighted by Gasteiger charge is 2.30. The molecule has 1 N–H and O–H groups in total. The van der Waals surface area contributed by atoms with E-state index in [4.69, 9.17) is 0 Å². The minimum absolute atomic E-state index is 0.117. The number of aryl methyl sites for hydroxylation is 1. The topological polar surface area (TPSA) is 49.4 Å². The van der Waals surface area contributed by atoms with Crippen molar-refractivity contribution in [3.05, 3.63) is 71.0 Å². The average molecular weight is 399 g/mol. The second-order valence-corrected chi connectivity index (χ2v) is 8.47. The number of hydrogen-bond acceptors (Lipinski definition) is 2. The first-order chi connectivity index (χ1) is 13.6. The van der Waals surface area contributed by atoms with Gasteiger partial charge in [-0.2, -0.15) is 0 Å². The lowest BCUT2D eigenvalue weighted by atomic mass is 10.0. The maximum Gasteiger partial charge on any atom is 0.243 e. The first-order valence-corrected chi connectivity index (χ1v) is 10.0. The average Bonchev–Trinajstić information content (AvgIpc) is 2.63. The van der Waals surface area contributed by atoms with Crippen molar-refractivity contribution in [1.29, 1.82) is 0 Å². The normalized spacial score (nSPS) is 12.3. The van der Waals surface area contributed by atoms with E-state index in [1.54, 1.807) is 17.0 Å². The summed E-state index contributed by atoms with van der Waals surface area (Å²) in [4.78, 5) is 27.7. The molecule has 0 radical (unpaired) electrons. The Labute approximate surface area is 173 Å². The maximum absolute atomic E-state index is 13.2. The third kappa shape index (κ3) is 7.00. The van der Waals surface area contributed by atoms with Gasteiger partial charge in [0, 0.05) is 12.1 Å². The molecule has 2 amide bonds. The molecule has 156 valence electrons. The number of carbonyl (C=O) groups excluding carboxylic acids is 2. The minimum Gasteiger partial charge on any atom is -0.350 e. The number of benzene rings is 2. The zero-order valence-corrected chi connectivity index (χ0v) is 18.0. The van der Waals surface area contributed by atoms with Crippen molar-refractivity contribution in [2.24, 2.45) is 0 Å². The Balaban J connectivity index is 2.29. The maximum atomic E-state index is 13.2. The monoisotopic (exact) mass is 398 g/mol. The summed E-state index contributed by atoms with van der Waals surface area (Å²) in [5.41, 5.74) is 2.43. The van der Waals surface area contributed by atoms with Crippen LogP contribution in [0.25, 0.3) is 0 Å². The predicted molar refractivity (Wildman–Crippen MR) is 114 cm³/mol. The van der Waals surface area contributed by atoms with Crippen LogP contribution < -0.4 is 5.32 Å². The molecule has 5 heteroatoms. The Kier molecular flexibility index (Phi) is 7.54. The van der Waals surface area contributed by atoms with Crippen LogP contribution in [0.5, 0.6) is 0 Å². The molecule has 0 saturated carbocycles. The zero-order valence-electron chi connectivity index (χ0n) is 18.0. The molecule has 0 heterocycles. The molecule has 2 aromatic rings. The highest BCUT2D eigenvalue weighted by atomic mass is 19.1. The van der Waals surface area contributed by atoms with E-state index in [1.807, 2.05) is 58.9 Å². The molecule has 0 aliphatic rings. The van der Waals surface area contributed by atoms with Gasteiger partial charge in [-0.1, -0.05) is 48.9 Å². The van der Waals surface area contributed by atoms with E-state index >= 15 is 0 Å². The Morgan fingerprint density at radius 3 is 2.07 bits per heavy atom. The fraction of sp³-hybridized carbons (Fsp3) is 0.417. The summed E-state index contributed by atoms with van der Waals surface area (Å²) in [7, 11) is 0. The van der Waals surface area contributed by atoms with Gasteiger partial charge in [-0.25, -0.2) is 4.39 Å². The van der Waals surface area contributed by atoms with Crippen molar-refractivity contribution in [3.8, 4) is 0 Å². The molecule has 0 saturated heterocycles. The van der Waals surface area contributed by atoms with Gasteiger partial charge >= 0.3 is 0 Å². The molecule has 0 fully saturated rings. The van der Waals surface area contributed by atoms with E-state index in [-0.39, 0.29) is 29.6 Å². The van der Waals surface area contributed by atoms with Gasteiger partial charge in [-0.3, -0.25) is 9.59 Å². The molecule has 0 aliphatic carbocycles. The van der Waals surface area contributed by atoms with Crippen LogP contribution in [0.4, 0.5) is 4.39 Å². The van der Waals surface area contributed by atoms with Crippen LogP contribution in [0.3, 0.4) is 0 Å². The highest BCUT2D eigenvalue weighted by molar-refractivity contribution is 5.88. The minimum atomic E-state index is -0.580. The van der Waals surface area contributed by atoms with Crippen LogP contribution in [0.15, 0.2) is 48.5 Å². The number of nitrogens with zero attached hydrogens (tertiary/aromatic N) is 1. The standard InChI is InChI=1S/C24H31FN2O2/c1-6-21(23(29)26-24(3,4)5)27(16-19-9-7-17(2)8-10-19)22(28)15-18-11-13-20(25)14-12-18/h7-14,21H,6,15-16H2,1-5H3,(H,26,29)/t21-/m0/s1. The first kappa shape index (κ1) is 22.6. The van der Waals surface area contributed by atoms with Gasteiger partial charge in [-0.15, -0.1) is 0 Å². The highest BCUT2D eigenvalue weighted by Crippen LogP contribution is 2.16. The number of nitrogens with one attached hydrogen (secondary N) is 1. The molecule has 2 rings (SSSR count). The molecular weight excluding hydrogens is 367 g/mol. The molecule has 0 aromatic heterocycles.